The fourth-order valence-electron chi connectivity index (χ4n) is 4.10. The molecule has 0 saturated carbocycles. The molecule has 5 nitrogen and oxygen atoms in total. The van der Waals surface area contributed by atoms with Gasteiger partial charge in [-0.15, -0.1) is 0 Å². The van der Waals surface area contributed by atoms with Crippen LogP contribution in [0.1, 0.15) is 52.1 Å². The van der Waals surface area contributed by atoms with Gasteiger partial charge < -0.3 is 15.7 Å². The van der Waals surface area contributed by atoms with E-state index in [1.165, 1.54) is 25.1 Å². The first-order valence-corrected chi connectivity index (χ1v) is 10.4. The molecule has 3 N–H and O–H groups in total. The van der Waals surface area contributed by atoms with Crippen LogP contribution in [0.5, 0.6) is 0 Å². The first-order chi connectivity index (χ1) is 14.6. The van der Waals surface area contributed by atoms with Crippen LogP contribution in [0.4, 0.5) is 8.78 Å². The Labute approximate surface area is 180 Å². The van der Waals surface area contributed by atoms with Gasteiger partial charge in [-0.25, -0.2) is 8.78 Å². The van der Waals surface area contributed by atoms with Gasteiger partial charge in [-0.05, 0) is 80.6 Å². The summed E-state index contributed by atoms with van der Waals surface area (Å²) < 4.78 is 27.4. The highest BCUT2D eigenvalue weighted by Gasteiger charge is 2.33. The Kier molecular flexibility index (Phi) is 7.18. The van der Waals surface area contributed by atoms with Gasteiger partial charge in [-0.2, -0.15) is 0 Å². The van der Waals surface area contributed by atoms with Crippen molar-refractivity contribution in [1.82, 2.24) is 10.6 Å². The minimum absolute atomic E-state index is 0.0551. The molecule has 1 amide bonds. The molecule has 1 aliphatic rings. The standard InChI is InChI=1S/C24H28F2N2O3/c1-13-4-17(15(3)29)10-18(5-13)24(31)28-22(23(30)21-6-14(2)12-27-21)9-16-7-19(25)11-20(26)8-16/h4-5,7-8,10-11,14,21-23,27,30H,6,9,12H2,1-3H3,(H,28,31)/t14-,21-,22+,23-/m1/s1. The molecule has 0 spiro atoms. The van der Waals surface area contributed by atoms with Gasteiger partial charge in [0.1, 0.15) is 11.6 Å². The number of amides is 1. The molecular weight excluding hydrogens is 402 g/mol. The second-order valence-electron chi connectivity index (χ2n) is 8.55. The zero-order valence-corrected chi connectivity index (χ0v) is 17.9. The number of hydrogen-bond donors (Lipinski definition) is 3. The lowest BCUT2D eigenvalue weighted by Gasteiger charge is -2.29. The minimum Gasteiger partial charge on any atom is -0.389 e. The van der Waals surface area contributed by atoms with Crippen molar-refractivity contribution in [3.8, 4) is 0 Å². The highest BCUT2D eigenvalue weighted by Crippen LogP contribution is 2.21. The molecule has 0 unspecified atom stereocenters. The fraction of sp³-hybridized carbons (Fsp3) is 0.417. The van der Waals surface area contributed by atoms with E-state index in [-0.39, 0.29) is 18.2 Å². The summed E-state index contributed by atoms with van der Waals surface area (Å²) in [5.74, 6) is -1.68. The summed E-state index contributed by atoms with van der Waals surface area (Å²) in [5.41, 5.74) is 1.80. The first-order valence-electron chi connectivity index (χ1n) is 10.4. The van der Waals surface area contributed by atoms with E-state index in [2.05, 4.69) is 17.6 Å². The molecule has 1 fully saturated rings. The number of halogens is 2. The summed E-state index contributed by atoms with van der Waals surface area (Å²) in [6.45, 7) is 6.02. The summed E-state index contributed by atoms with van der Waals surface area (Å²) in [7, 11) is 0. The lowest BCUT2D eigenvalue weighted by atomic mass is 9.93. The molecule has 1 aliphatic heterocycles. The highest BCUT2D eigenvalue weighted by atomic mass is 19.1. The number of Topliss-reactive ketones (excluding diaryl/α,β-unsaturated/α-hetero) is 1. The predicted octanol–water partition coefficient (Wildman–Crippen LogP) is 3.18. The van der Waals surface area contributed by atoms with Crippen molar-refractivity contribution in [3.05, 3.63) is 70.3 Å². The topological polar surface area (TPSA) is 78.4 Å². The van der Waals surface area contributed by atoms with Crippen molar-refractivity contribution in [2.45, 2.75) is 51.8 Å². The predicted molar refractivity (Wildman–Crippen MR) is 114 cm³/mol. The molecule has 1 heterocycles. The quantitative estimate of drug-likeness (QED) is 0.590. The number of nitrogens with one attached hydrogen (secondary N) is 2. The molecule has 4 atom stereocenters. The van der Waals surface area contributed by atoms with Crippen molar-refractivity contribution >= 4 is 11.7 Å². The van der Waals surface area contributed by atoms with E-state index < -0.39 is 29.7 Å². The molecule has 0 aliphatic carbocycles. The summed E-state index contributed by atoms with van der Waals surface area (Å²) in [4.78, 5) is 24.7. The van der Waals surface area contributed by atoms with E-state index in [9.17, 15) is 23.5 Å². The monoisotopic (exact) mass is 430 g/mol. The molecular formula is C24H28F2N2O3. The van der Waals surface area contributed by atoms with Crippen molar-refractivity contribution in [3.63, 3.8) is 0 Å². The average Bonchev–Trinajstić information content (AvgIpc) is 3.11. The van der Waals surface area contributed by atoms with Crippen LogP contribution in [0.3, 0.4) is 0 Å². The molecule has 0 radical (unpaired) electrons. The molecule has 2 aromatic carbocycles. The zero-order chi connectivity index (χ0) is 22.7. The van der Waals surface area contributed by atoms with E-state index in [1.54, 1.807) is 19.1 Å². The van der Waals surface area contributed by atoms with Gasteiger partial charge in [0.05, 0.1) is 12.1 Å². The second-order valence-corrected chi connectivity index (χ2v) is 8.55. The second kappa shape index (κ2) is 9.66. The largest absolute Gasteiger partial charge is 0.389 e. The van der Waals surface area contributed by atoms with Crippen molar-refractivity contribution in [1.29, 1.82) is 0 Å². The Morgan fingerprint density at radius 3 is 2.35 bits per heavy atom. The Hall–Kier alpha value is -2.64. The molecule has 31 heavy (non-hydrogen) atoms. The van der Waals surface area contributed by atoms with E-state index in [4.69, 9.17) is 0 Å². The van der Waals surface area contributed by atoms with Crippen molar-refractivity contribution in [2.24, 2.45) is 5.92 Å². The average molecular weight is 430 g/mol. The maximum Gasteiger partial charge on any atom is 0.251 e. The number of rotatable bonds is 7. The summed E-state index contributed by atoms with van der Waals surface area (Å²) >= 11 is 0. The SMILES string of the molecule is CC(=O)c1cc(C)cc(C(=O)N[C@@H](Cc2cc(F)cc(F)c2)[C@H](O)[C@H]2C[C@@H](C)CN2)c1. The number of aliphatic hydroxyl groups is 1. The smallest absolute Gasteiger partial charge is 0.251 e. The van der Waals surface area contributed by atoms with E-state index in [0.29, 0.717) is 22.6 Å². The molecule has 1 saturated heterocycles. The van der Waals surface area contributed by atoms with Crippen LogP contribution in [0.25, 0.3) is 0 Å². The number of benzene rings is 2. The van der Waals surface area contributed by atoms with Crippen LogP contribution in [0.2, 0.25) is 0 Å². The number of carbonyl (C=O) groups excluding carboxylic acids is 2. The van der Waals surface area contributed by atoms with Crippen molar-refractivity contribution in [2.75, 3.05) is 6.54 Å². The lowest BCUT2D eigenvalue weighted by Crippen LogP contribution is -2.52. The Bertz CT molecular complexity index is 959. The molecule has 0 aromatic heterocycles. The van der Waals surface area contributed by atoms with Gasteiger partial charge in [0.25, 0.3) is 5.91 Å². The summed E-state index contributed by atoms with van der Waals surface area (Å²) in [6, 6.07) is 7.01. The van der Waals surface area contributed by atoms with Crippen LogP contribution in [-0.4, -0.2) is 41.5 Å². The number of carbonyl (C=O) groups is 2. The Morgan fingerprint density at radius 2 is 1.77 bits per heavy atom. The first kappa shape index (κ1) is 23.0. The highest BCUT2D eigenvalue weighted by molar-refractivity contribution is 6.00. The van der Waals surface area contributed by atoms with E-state index in [1.807, 2.05) is 0 Å². The Balaban J connectivity index is 1.86. The van der Waals surface area contributed by atoms with E-state index >= 15 is 0 Å². The number of hydrogen-bond acceptors (Lipinski definition) is 4. The van der Waals surface area contributed by atoms with Gasteiger partial charge in [0.15, 0.2) is 5.78 Å². The Morgan fingerprint density at radius 1 is 1.13 bits per heavy atom. The van der Waals surface area contributed by atoms with Crippen molar-refractivity contribution < 1.29 is 23.5 Å². The lowest BCUT2D eigenvalue weighted by molar-refractivity contribution is 0.0733. The fourth-order valence-corrected chi connectivity index (χ4v) is 4.10. The summed E-state index contributed by atoms with van der Waals surface area (Å²) in [6.07, 6.45) is -0.180. The third kappa shape index (κ3) is 5.95. The van der Waals surface area contributed by atoms with Gasteiger partial charge in [-0.3, -0.25) is 9.59 Å². The normalized spacial score (nSPS) is 20.3. The molecule has 0 bridgehead atoms. The van der Waals surface area contributed by atoms with Crippen LogP contribution < -0.4 is 10.6 Å². The number of aliphatic hydroxyl groups excluding tert-OH is 1. The molecule has 2 aromatic rings. The molecule has 7 heteroatoms. The van der Waals surface area contributed by atoms with Gasteiger partial charge in [0, 0.05) is 23.2 Å². The maximum atomic E-state index is 13.7. The molecule has 166 valence electrons. The van der Waals surface area contributed by atoms with Crippen LogP contribution in [-0.2, 0) is 6.42 Å². The maximum absolute atomic E-state index is 13.7. The molecule has 3 rings (SSSR count). The van der Waals surface area contributed by atoms with Crippen LogP contribution >= 0.6 is 0 Å². The third-order valence-electron chi connectivity index (χ3n) is 5.65. The zero-order valence-electron chi connectivity index (χ0n) is 17.9. The number of ketones is 1. The third-order valence-corrected chi connectivity index (χ3v) is 5.65. The van der Waals surface area contributed by atoms with Gasteiger partial charge >= 0.3 is 0 Å². The van der Waals surface area contributed by atoms with E-state index in [0.717, 1.165) is 24.6 Å². The van der Waals surface area contributed by atoms with Crippen LogP contribution in [0.15, 0.2) is 36.4 Å². The summed E-state index contributed by atoms with van der Waals surface area (Å²) in [5, 5.41) is 17.1. The minimum atomic E-state index is -0.961. The van der Waals surface area contributed by atoms with Gasteiger partial charge in [-0.1, -0.05) is 6.92 Å². The van der Waals surface area contributed by atoms with Gasteiger partial charge in [0.2, 0.25) is 0 Å². The number of aryl methyl sites for hydroxylation is 1. The van der Waals surface area contributed by atoms with Crippen LogP contribution in [0, 0.1) is 24.5 Å².